The van der Waals surface area contributed by atoms with E-state index in [4.69, 9.17) is 4.74 Å². The van der Waals surface area contributed by atoms with Gasteiger partial charge >= 0.3 is 0 Å². The van der Waals surface area contributed by atoms with E-state index in [-0.39, 0.29) is 11.5 Å². The molecule has 0 bridgehead atoms. The van der Waals surface area contributed by atoms with Crippen LogP contribution in [0.5, 0.6) is 5.75 Å². The molecule has 0 saturated heterocycles. The number of ether oxygens (including phenoxy) is 1. The molecule has 0 radical (unpaired) electrons. The van der Waals surface area contributed by atoms with E-state index in [0.717, 1.165) is 0 Å². The highest BCUT2D eigenvalue weighted by atomic mass is 32.2. The SMILES string of the molecule is CNCC(O)COc1ccc(S(=O)(=O)NC(C)(C)C)cc1. The topological polar surface area (TPSA) is 87.7 Å². The average molecular weight is 316 g/mol. The fraction of sp³-hybridized carbons (Fsp3) is 0.571. The summed E-state index contributed by atoms with van der Waals surface area (Å²) >= 11 is 0. The Bertz CT molecular complexity index is 535. The van der Waals surface area contributed by atoms with Crippen molar-refractivity contribution in [2.45, 2.75) is 37.3 Å². The molecular weight excluding hydrogens is 292 g/mol. The van der Waals surface area contributed by atoms with Crippen LogP contribution in [0, 0.1) is 0 Å². The molecule has 1 aromatic carbocycles. The Hall–Kier alpha value is -1.15. The van der Waals surface area contributed by atoms with Crippen molar-refractivity contribution in [3.05, 3.63) is 24.3 Å². The largest absolute Gasteiger partial charge is 0.491 e. The lowest BCUT2D eigenvalue weighted by molar-refractivity contribution is 0.108. The third-order valence-electron chi connectivity index (χ3n) is 2.46. The van der Waals surface area contributed by atoms with Gasteiger partial charge in [-0.1, -0.05) is 0 Å². The molecule has 21 heavy (non-hydrogen) atoms. The zero-order chi connectivity index (χ0) is 16.1. The maximum absolute atomic E-state index is 12.1. The van der Waals surface area contributed by atoms with Crippen LogP contribution in [0.25, 0.3) is 0 Å². The minimum atomic E-state index is -3.54. The molecule has 0 saturated carbocycles. The maximum atomic E-state index is 12.1. The zero-order valence-electron chi connectivity index (χ0n) is 12.9. The highest BCUT2D eigenvalue weighted by Gasteiger charge is 2.21. The van der Waals surface area contributed by atoms with Crippen molar-refractivity contribution in [1.29, 1.82) is 0 Å². The van der Waals surface area contributed by atoms with Crippen molar-refractivity contribution in [3.63, 3.8) is 0 Å². The lowest BCUT2D eigenvalue weighted by atomic mass is 10.1. The first-order valence-electron chi connectivity index (χ1n) is 6.73. The average Bonchev–Trinajstić information content (AvgIpc) is 2.34. The van der Waals surface area contributed by atoms with Gasteiger partial charge in [-0.05, 0) is 52.1 Å². The highest BCUT2D eigenvalue weighted by molar-refractivity contribution is 7.89. The van der Waals surface area contributed by atoms with Crippen LogP contribution in [-0.2, 0) is 10.0 Å². The highest BCUT2D eigenvalue weighted by Crippen LogP contribution is 2.17. The first-order chi connectivity index (χ1) is 9.64. The minimum Gasteiger partial charge on any atom is -0.491 e. The molecule has 6 nitrogen and oxygen atoms in total. The summed E-state index contributed by atoms with van der Waals surface area (Å²) in [6.07, 6.45) is -0.610. The maximum Gasteiger partial charge on any atom is 0.241 e. The standard InChI is InChI=1S/C14H24N2O4S/c1-14(2,3)16-21(18,19)13-7-5-12(6-8-13)20-10-11(17)9-15-4/h5-8,11,15-17H,9-10H2,1-4H3. The summed E-state index contributed by atoms with van der Waals surface area (Å²) in [5.41, 5.74) is -0.536. The van der Waals surface area contributed by atoms with E-state index in [1.807, 2.05) is 0 Å². The second kappa shape index (κ2) is 7.22. The first kappa shape index (κ1) is 17.9. The Morgan fingerprint density at radius 2 is 1.81 bits per heavy atom. The van der Waals surface area contributed by atoms with Crippen LogP contribution in [0.3, 0.4) is 0 Å². The van der Waals surface area contributed by atoms with E-state index in [2.05, 4.69) is 10.0 Å². The van der Waals surface area contributed by atoms with Gasteiger partial charge in [-0.25, -0.2) is 13.1 Å². The van der Waals surface area contributed by atoms with E-state index >= 15 is 0 Å². The van der Waals surface area contributed by atoms with Gasteiger partial charge in [0.05, 0.1) is 4.90 Å². The predicted octanol–water partition coefficient (Wildman–Crippen LogP) is 0.722. The molecule has 1 aromatic rings. The van der Waals surface area contributed by atoms with Crippen molar-refractivity contribution in [2.24, 2.45) is 0 Å². The van der Waals surface area contributed by atoms with Crippen molar-refractivity contribution in [3.8, 4) is 5.75 Å². The number of likely N-dealkylation sites (N-methyl/N-ethyl adjacent to an activating group) is 1. The van der Waals surface area contributed by atoms with E-state index in [0.29, 0.717) is 12.3 Å². The molecule has 1 atom stereocenters. The van der Waals surface area contributed by atoms with Gasteiger partial charge in [0.1, 0.15) is 18.5 Å². The lowest BCUT2D eigenvalue weighted by Crippen LogP contribution is -2.40. The van der Waals surface area contributed by atoms with Gasteiger partial charge in [-0.2, -0.15) is 0 Å². The molecule has 0 aliphatic carbocycles. The van der Waals surface area contributed by atoms with Gasteiger partial charge < -0.3 is 15.2 Å². The molecule has 1 unspecified atom stereocenters. The number of aliphatic hydroxyl groups is 1. The molecule has 0 spiro atoms. The molecule has 0 aliphatic heterocycles. The molecule has 0 fully saturated rings. The summed E-state index contributed by atoms with van der Waals surface area (Å²) in [4.78, 5) is 0.181. The van der Waals surface area contributed by atoms with Crippen LogP contribution in [-0.4, -0.2) is 45.4 Å². The first-order valence-corrected chi connectivity index (χ1v) is 8.22. The molecule has 0 heterocycles. The smallest absolute Gasteiger partial charge is 0.241 e. The van der Waals surface area contributed by atoms with Crippen LogP contribution in [0.1, 0.15) is 20.8 Å². The summed E-state index contributed by atoms with van der Waals surface area (Å²) in [5.74, 6) is 0.514. The molecule has 0 amide bonds. The molecule has 120 valence electrons. The van der Waals surface area contributed by atoms with Gasteiger partial charge in [-0.3, -0.25) is 0 Å². The van der Waals surface area contributed by atoms with Gasteiger partial charge in [0.15, 0.2) is 0 Å². The number of nitrogens with one attached hydrogen (secondary N) is 2. The van der Waals surface area contributed by atoms with Crippen molar-refractivity contribution in [1.82, 2.24) is 10.0 Å². The Morgan fingerprint density at radius 3 is 2.29 bits per heavy atom. The number of rotatable bonds is 7. The summed E-state index contributed by atoms with van der Waals surface area (Å²) in [6.45, 7) is 5.93. The van der Waals surface area contributed by atoms with E-state index in [1.54, 1.807) is 40.0 Å². The van der Waals surface area contributed by atoms with Crippen LogP contribution < -0.4 is 14.8 Å². The molecule has 3 N–H and O–H groups in total. The zero-order valence-corrected chi connectivity index (χ0v) is 13.7. The van der Waals surface area contributed by atoms with Gasteiger partial charge in [-0.15, -0.1) is 0 Å². The lowest BCUT2D eigenvalue weighted by Gasteiger charge is -2.20. The fourth-order valence-electron chi connectivity index (χ4n) is 1.66. The number of hydrogen-bond donors (Lipinski definition) is 3. The Morgan fingerprint density at radius 1 is 1.24 bits per heavy atom. The minimum absolute atomic E-state index is 0.146. The number of sulfonamides is 1. The van der Waals surface area contributed by atoms with E-state index < -0.39 is 21.7 Å². The second-order valence-corrected chi connectivity index (χ2v) is 7.53. The normalized spacial score (nSPS) is 14.0. The van der Waals surface area contributed by atoms with Crippen molar-refractivity contribution >= 4 is 10.0 Å². The van der Waals surface area contributed by atoms with Gasteiger partial charge in [0.2, 0.25) is 10.0 Å². The third kappa shape index (κ3) is 6.43. The molecule has 0 aromatic heterocycles. The van der Waals surface area contributed by atoms with Crippen LogP contribution in [0.2, 0.25) is 0 Å². The van der Waals surface area contributed by atoms with Crippen molar-refractivity contribution < 1.29 is 18.3 Å². The molecule has 7 heteroatoms. The number of hydrogen-bond acceptors (Lipinski definition) is 5. The second-order valence-electron chi connectivity index (χ2n) is 5.85. The van der Waals surface area contributed by atoms with Crippen LogP contribution in [0.4, 0.5) is 0 Å². The monoisotopic (exact) mass is 316 g/mol. The molecule has 1 rings (SSSR count). The van der Waals surface area contributed by atoms with Gasteiger partial charge in [0, 0.05) is 12.1 Å². The summed E-state index contributed by atoms with van der Waals surface area (Å²) in [7, 11) is -1.80. The molecular formula is C14H24N2O4S. The predicted molar refractivity (Wildman–Crippen MR) is 81.9 cm³/mol. The number of aliphatic hydroxyl groups excluding tert-OH is 1. The Labute approximate surface area is 126 Å². The molecule has 0 aliphatic rings. The van der Waals surface area contributed by atoms with Crippen LogP contribution >= 0.6 is 0 Å². The summed E-state index contributed by atoms with van der Waals surface area (Å²) in [5, 5.41) is 12.4. The Balaban J connectivity index is 2.70. The van der Waals surface area contributed by atoms with Gasteiger partial charge in [0.25, 0.3) is 0 Å². The van der Waals surface area contributed by atoms with E-state index in [9.17, 15) is 13.5 Å². The Kier molecular flexibility index (Phi) is 6.15. The van der Waals surface area contributed by atoms with E-state index in [1.165, 1.54) is 12.1 Å². The quantitative estimate of drug-likeness (QED) is 0.690. The van der Waals surface area contributed by atoms with Crippen LogP contribution in [0.15, 0.2) is 29.2 Å². The number of benzene rings is 1. The summed E-state index contributed by atoms with van der Waals surface area (Å²) in [6, 6.07) is 6.11. The fourth-order valence-corrected chi connectivity index (χ4v) is 3.08. The third-order valence-corrected chi connectivity index (χ3v) is 4.23. The van der Waals surface area contributed by atoms with Crippen molar-refractivity contribution in [2.75, 3.05) is 20.2 Å². The summed E-state index contributed by atoms with van der Waals surface area (Å²) < 4.78 is 32.2.